The second-order valence-corrected chi connectivity index (χ2v) is 12.9. The summed E-state index contributed by atoms with van der Waals surface area (Å²) in [6.07, 6.45) is 9.91. The zero-order valence-corrected chi connectivity index (χ0v) is 28.4. The Kier molecular flexibility index (Phi) is 9.57. The third kappa shape index (κ3) is 6.60. The van der Waals surface area contributed by atoms with Gasteiger partial charge in [-0.2, -0.15) is 0 Å². The van der Waals surface area contributed by atoms with E-state index in [1.54, 1.807) is 0 Å². The molecule has 0 aromatic heterocycles. The van der Waals surface area contributed by atoms with Crippen molar-refractivity contribution >= 4 is 46.3 Å². The lowest BCUT2D eigenvalue weighted by atomic mass is 9.90. The summed E-state index contributed by atoms with van der Waals surface area (Å²) in [6, 6.07) is 52.9. The van der Waals surface area contributed by atoms with Crippen LogP contribution in [0.1, 0.15) is 67.2 Å². The first-order valence-corrected chi connectivity index (χ1v) is 17.6. The standard InChI is InChI=1S/C47H44N2/c1-4-7-8-15-20-43-46-33-41(48(37-16-11-9-12-17-37)39-25-21-35(5-2)22-26-39)29-31-44(46)45-32-30-42(34-47(43)45)49(38-18-13-10-14-19-38)40-27-23-36(6-3)24-28-40/h5-6,9-14,16-19,21-34,43H,2-4,7-8,15,20H2,1H3. The first kappa shape index (κ1) is 32.0. The number of unbranched alkanes of at least 4 members (excludes halogenated alkanes) is 3. The summed E-state index contributed by atoms with van der Waals surface area (Å²) in [6.45, 7) is 10.2. The topological polar surface area (TPSA) is 6.48 Å². The Hall–Kier alpha value is -5.60. The van der Waals surface area contributed by atoms with E-state index >= 15 is 0 Å². The predicted octanol–water partition coefficient (Wildman–Crippen LogP) is 14.0. The van der Waals surface area contributed by atoms with Crippen molar-refractivity contribution in [1.29, 1.82) is 0 Å². The van der Waals surface area contributed by atoms with E-state index in [0.29, 0.717) is 5.92 Å². The highest BCUT2D eigenvalue weighted by molar-refractivity contribution is 5.87. The number of benzene rings is 6. The summed E-state index contributed by atoms with van der Waals surface area (Å²) in [5.41, 5.74) is 14.7. The molecule has 0 heterocycles. The molecule has 0 aliphatic heterocycles. The second-order valence-electron chi connectivity index (χ2n) is 12.9. The van der Waals surface area contributed by atoms with Crippen LogP contribution >= 0.6 is 0 Å². The van der Waals surface area contributed by atoms with Crippen molar-refractivity contribution in [3.8, 4) is 11.1 Å². The zero-order chi connectivity index (χ0) is 33.6. The summed E-state index contributed by atoms with van der Waals surface area (Å²) in [5.74, 6) is 0.322. The van der Waals surface area contributed by atoms with Crippen molar-refractivity contribution in [2.75, 3.05) is 9.80 Å². The second kappa shape index (κ2) is 14.7. The first-order valence-electron chi connectivity index (χ1n) is 17.6. The molecule has 0 saturated carbocycles. The SMILES string of the molecule is C=Cc1ccc(N(c2ccccc2)c2ccc3c(c2)C(CCCCCC)c2cc(N(c4ccccc4)c4ccc(C=C)cc4)ccc2-3)cc1. The van der Waals surface area contributed by atoms with Crippen LogP contribution in [0.5, 0.6) is 0 Å². The number of nitrogens with zero attached hydrogens (tertiary/aromatic N) is 2. The molecule has 242 valence electrons. The molecule has 0 radical (unpaired) electrons. The van der Waals surface area contributed by atoms with Gasteiger partial charge in [-0.3, -0.25) is 0 Å². The minimum Gasteiger partial charge on any atom is -0.310 e. The number of para-hydroxylation sites is 2. The van der Waals surface area contributed by atoms with Crippen LogP contribution < -0.4 is 9.80 Å². The number of rotatable bonds is 13. The molecule has 0 fully saturated rings. The zero-order valence-electron chi connectivity index (χ0n) is 28.4. The first-order chi connectivity index (χ1) is 24.2. The van der Waals surface area contributed by atoms with E-state index in [1.165, 1.54) is 59.3 Å². The molecule has 0 spiro atoms. The van der Waals surface area contributed by atoms with Gasteiger partial charge in [0.15, 0.2) is 0 Å². The van der Waals surface area contributed by atoms with Crippen molar-refractivity contribution in [2.24, 2.45) is 0 Å². The van der Waals surface area contributed by atoms with E-state index in [0.717, 1.165) is 40.3 Å². The summed E-state index contributed by atoms with van der Waals surface area (Å²) >= 11 is 0. The summed E-state index contributed by atoms with van der Waals surface area (Å²) in [5, 5.41) is 0. The molecule has 0 N–H and O–H groups in total. The molecule has 1 aliphatic carbocycles. The largest absolute Gasteiger partial charge is 0.310 e. The van der Waals surface area contributed by atoms with E-state index in [4.69, 9.17) is 0 Å². The van der Waals surface area contributed by atoms with Gasteiger partial charge in [0.25, 0.3) is 0 Å². The number of anilines is 6. The Morgan fingerprint density at radius 1 is 0.469 bits per heavy atom. The van der Waals surface area contributed by atoms with Gasteiger partial charge in [-0.05, 0) is 113 Å². The van der Waals surface area contributed by atoms with Crippen molar-refractivity contribution < 1.29 is 0 Å². The molecule has 1 aliphatic rings. The van der Waals surface area contributed by atoms with Gasteiger partial charge < -0.3 is 9.80 Å². The van der Waals surface area contributed by atoms with E-state index in [2.05, 4.69) is 175 Å². The molecular weight excluding hydrogens is 593 g/mol. The Labute approximate surface area is 292 Å². The molecule has 2 nitrogen and oxygen atoms in total. The maximum atomic E-state index is 3.96. The van der Waals surface area contributed by atoms with Gasteiger partial charge in [0.1, 0.15) is 0 Å². The average Bonchev–Trinajstić information content (AvgIpc) is 3.47. The van der Waals surface area contributed by atoms with Crippen LogP contribution in [0.25, 0.3) is 23.3 Å². The van der Waals surface area contributed by atoms with Crippen LogP contribution in [-0.4, -0.2) is 0 Å². The Balaban J connectivity index is 1.33. The minimum absolute atomic E-state index is 0.322. The smallest absolute Gasteiger partial charge is 0.0465 e. The Morgan fingerprint density at radius 2 is 0.878 bits per heavy atom. The lowest BCUT2D eigenvalue weighted by Gasteiger charge is -2.27. The van der Waals surface area contributed by atoms with Crippen LogP contribution in [0, 0.1) is 0 Å². The number of hydrogen-bond donors (Lipinski definition) is 0. The normalized spacial score (nSPS) is 11.9. The highest BCUT2D eigenvalue weighted by atomic mass is 15.1. The van der Waals surface area contributed by atoms with Crippen molar-refractivity contribution in [3.05, 3.63) is 181 Å². The predicted molar refractivity (Wildman–Crippen MR) is 212 cm³/mol. The molecule has 0 saturated heterocycles. The van der Waals surface area contributed by atoms with Crippen molar-refractivity contribution in [1.82, 2.24) is 0 Å². The van der Waals surface area contributed by atoms with Crippen molar-refractivity contribution in [2.45, 2.75) is 44.9 Å². The number of fused-ring (bicyclic) bond motifs is 3. The average molecular weight is 637 g/mol. The highest BCUT2D eigenvalue weighted by Gasteiger charge is 2.30. The molecule has 6 aromatic rings. The molecular formula is C47H44N2. The third-order valence-corrected chi connectivity index (χ3v) is 9.78. The lowest BCUT2D eigenvalue weighted by Crippen LogP contribution is -2.11. The summed E-state index contributed by atoms with van der Waals surface area (Å²) in [7, 11) is 0. The fraction of sp³-hybridized carbons (Fsp3) is 0.149. The fourth-order valence-corrected chi connectivity index (χ4v) is 7.27. The molecule has 0 atom stereocenters. The van der Waals surface area contributed by atoms with Crippen LogP contribution in [0.2, 0.25) is 0 Å². The van der Waals surface area contributed by atoms with Gasteiger partial charge in [-0.15, -0.1) is 0 Å². The van der Waals surface area contributed by atoms with Gasteiger partial charge in [-0.1, -0.05) is 131 Å². The maximum absolute atomic E-state index is 3.96. The van der Waals surface area contributed by atoms with E-state index in [9.17, 15) is 0 Å². The van der Waals surface area contributed by atoms with Crippen LogP contribution in [0.3, 0.4) is 0 Å². The molecule has 7 rings (SSSR count). The van der Waals surface area contributed by atoms with Gasteiger partial charge in [0.05, 0.1) is 0 Å². The van der Waals surface area contributed by atoms with Crippen LogP contribution in [0.15, 0.2) is 159 Å². The summed E-state index contributed by atoms with van der Waals surface area (Å²) in [4.78, 5) is 4.75. The van der Waals surface area contributed by atoms with Gasteiger partial charge in [0.2, 0.25) is 0 Å². The molecule has 0 bridgehead atoms. The molecule has 6 aromatic carbocycles. The quantitative estimate of drug-likeness (QED) is 0.116. The molecule has 0 unspecified atom stereocenters. The third-order valence-electron chi connectivity index (χ3n) is 9.78. The van der Waals surface area contributed by atoms with Gasteiger partial charge in [-0.25, -0.2) is 0 Å². The molecule has 49 heavy (non-hydrogen) atoms. The van der Waals surface area contributed by atoms with Gasteiger partial charge in [0, 0.05) is 40.0 Å². The van der Waals surface area contributed by atoms with Crippen LogP contribution in [-0.2, 0) is 0 Å². The van der Waals surface area contributed by atoms with Gasteiger partial charge >= 0.3 is 0 Å². The minimum atomic E-state index is 0.322. The molecule has 2 heteroatoms. The molecule has 0 amide bonds. The highest BCUT2D eigenvalue weighted by Crippen LogP contribution is 2.51. The van der Waals surface area contributed by atoms with E-state index in [-0.39, 0.29) is 0 Å². The lowest BCUT2D eigenvalue weighted by molar-refractivity contribution is 0.601. The van der Waals surface area contributed by atoms with E-state index in [1.807, 2.05) is 12.2 Å². The van der Waals surface area contributed by atoms with Crippen molar-refractivity contribution in [3.63, 3.8) is 0 Å². The summed E-state index contributed by atoms with van der Waals surface area (Å²) < 4.78 is 0. The van der Waals surface area contributed by atoms with E-state index < -0.39 is 0 Å². The Morgan fingerprint density at radius 3 is 1.29 bits per heavy atom. The fourth-order valence-electron chi connectivity index (χ4n) is 7.27. The monoisotopic (exact) mass is 636 g/mol. The van der Waals surface area contributed by atoms with Crippen LogP contribution in [0.4, 0.5) is 34.1 Å². The number of hydrogen-bond acceptors (Lipinski definition) is 2. The Bertz CT molecular complexity index is 1880. The maximum Gasteiger partial charge on any atom is 0.0465 e.